The van der Waals surface area contributed by atoms with Crippen LogP contribution in [0.5, 0.6) is 5.75 Å². The van der Waals surface area contributed by atoms with Gasteiger partial charge in [0.15, 0.2) is 5.82 Å². The molecule has 5 heterocycles. The molecule has 13 nitrogen and oxygen atoms in total. The van der Waals surface area contributed by atoms with Gasteiger partial charge < -0.3 is 45.3 Å². The van der Waals surface area contributed by atoms with E-state index in [4.69, 9.17) is 16.3 Å². The maximum atomic E-state index is 13.2. The summed E-state index contributed by atoms with van der Waals surface area (Å²) in [5.41, 5.74) is 5.81. The molecule has 8 rings (SSSR count). The summed E-state index contributed by atoms with van der Waals surface area (Å²) >= 11 is 6.50. The number of nitrogens with zero attached hydrogens (tertiary/aromatic N) is 6. The topological polar surface area (TPSA) is 130 Å². The molecule has 63 heavy (non-hydrogen) atoms. The summed E-state index contributed by atoms with van der Waals surface area (Å²) in [5, 5.41) is 14.8. The van der Waals surface area contributed by atoms with Gasteiger partial charge in [0.1, 0.15) is 17.9 Å². The van der Waals surface area contributed by atoms with Crippen molar-refractivity contribution >= 4 is 64.5 Å². The van der Waals surface area contributed by atoms with Gasteiger partial charge in [-0.2, -0.15) is 4.98 Å². The lowest BCUT2D eigenvalue weighted by Gasteiger charge is -2.43. The number of rotatable bonds is 18. The summed E-state index contributed by atoms with van der Waals surface area (Å²) < 4.78 is 18.8. The van der Waals surface area contributed by atoms with E-state index >= 15 is 0 Å². The molecule has 0 radical (unpaired) electrons. The van der Waals surface area contributed by atoms with Crippen molar-refractivity contribution in [3.8, 4) is 5.75 Å². The molecule has 4 aliphatic heterocycles. The third-order valence-electron chi connectivity index (χ3n) is 13.3. The van der Waals surface area contributed by atoms with E-state index in [-0.39, 0.29) is 5.91 Å². The highest BCUT2D eigenvalue weighted by molar-refractivity contribution is 7.70. The van der Waals surface area contributed by atoms with Crippen molar-refractivity contribution in [1.29, 1.82) is 0 Å². The highest BCUT2D eigenvalue weighted by Gasteiger charge is 2.35. The van der Waals surface area contributed by atoms with Crippen molar-refractivity contribution in [3.63, 3.8) is 0 Å². The Morgan fingerprint density at radius 3 is 2.41 bits per heavy atom. The molecule has 0 spiro atoms. The van der Waals surface area contributed by atoms with Gasteiger partial charge in [0.2, 0.25) is 5.95 Å². The summed E-state index contributed by atoms with van der Waals surface area (Å²) in [7, 11) is -0.850. The van der Waals surface area contributed by atoms with E-state index in [1.54, 1.807) is 26.6 Å². The molecule has 1 unspecified atom stereocenters. The number of halogens is 1. The number of fused-ring (bicyclic) bond motifs is 1. The van der Waals surface area contributed by atoms with Crippen LogP contribution in [-0.2, 0) is 11.1 Å². The fourth-order valence-corrected chi connectivity index (χ4v) is 11.1. The number of aromatic nitrogens is 2. The molecule has 0 aliphatic carbocycles. The van der Waals surface area contributed by atoms with Gasteiger partial charge in [-0.25, -0.2) is 4.98 Å². The quantitative estimate of drug-likeness (QED) is 0.0568. The van der Waals surface area contributed by atoms with Crippen LogP contribution in [0.25, 0.3) is 0 Å². The molecule has 0 saturated carbocycles. The normalized spacial score (nSPS) is 19.0. The molecular weight excluding hydrogens is 831 g/mol. The van der Waals surface area contributed by atoms with Crippen LogP contribution < -0.4 is 36.2 Å². The third-order valence-corrected chi connectivity index (χ3v) is 15.2. The molecule has 338 valence electrons. The van der Waals surface area contributed by atoms with Gasteiger partial charge in [0, 0.05) is 105 Å². The Hall–Kier alpha value is -4.39. The number of nitrogens with one attached hydrogen (secondary N) is 4. The van der Waals surface area contributed by atoms with Gasteiger partial charge in [-0.05, 0) is 101 Å². The van der Waals surface area contributed by atoms with Gasteiger partial charge >= 0.3 is 0 Å². The average Bonchev–Trinajstić information content (AvgIpc) is 3.65. The Balaban J connectivity index is 0.719. The van der Waals surface area contributed by atoms with Crippen LogP contribution >= 0.6 is 18.7 Å². The van der Waals surface area contributed by atoms with E-state index in [1.165, 1.54) is 37.8 Å². The number of hydrogen-bond donors (Lipinski definition) is 4. The van der Waals surface area contributed by atoms with Crippen molar-refractivity contribution in [3.05, 3.63) is 83.0 Å². The highest BCUT2D eigenvalue weighted by Crippen LogP contribution is 2.39. The van der Waals surface area contributed by atoms with Crippen LogP contribution in [0.4, 0.5) is 34.5 Å². The van der Waals surface area contributed by atoms with Gasteiger partial charge in [0.05, 0.1) is 24.7 Å². The third kappa shape index (κ3) is 11.3. The minimum absolute atomic E-state index is 0.198. The van der Waals surface area contributed by atoms with Crippen molar-refractivity contribution in [2.75, 3.05) is 107 Å². The van der Waals surface area contributed by atoms with Gasteiger partial charge in [-0.3, -0.25) is 9.69 Å². The van der Waals surface area contributed by atoms with Gasteiger partial charge in [0.25, 0.3) is 5.91 Å². The predicted octanol–water partition coefficient (Wildman–Crippen LogP) is 8.23. The second kappa shape index (κ2) is 21.1. The molecule has 3 fully saturated rings. The number of carbonyl (C=O) groups excluding carboxylic acids is 1. The number of hydrogen-bond acceptors (Lipinski definition) is 12. The number of para-hydroxylation sites is 1. The number of amides is 1. The van der Waals surface area contributed by atoms with E-state index in [0.29, 0.717) is 40.3 Å². The second-order valence-corrected chi connectivity index (χ2v) is 21.5. The standard InChI is InChI=1S/C48H66ClN10O3P/c1-62-44-31-36(18-19-42(44)54-48-52-33-40(49)46(55-48)53-43-15-7-8-17-45(43)63(2,3)61)57-25-20-35(21-26-57)58-29-27-56(28-30-58)24-10-6-4-5-9-23-51-41-16-11-14-38-39(41)34-59(47(38)60)37-13-12-22-50-32-37/h7-8,11,14-19,31,33,35,37,50-51H,4-6,9-10,12-13,20-30,32,34H2,1-3H3,(H2,52,53,54,55). The number of piperazine rings is 1. The van der Waals surface area contributed by atoms with Crippen LogP contribution in [0.1, 0.15) is 73.7 Å². The molecule has 4 N–H and O–H groups in total. The first-order chi connectivity index (χ1) is 30.6. The lowest BCUT2D eigenvalue weighted by Crippen LogP contribution is -2.53. The minimum Gasteiger partial charge on any atom is -0.494 e. The lowest BCUT2D eigenvalue weighted by atomic mass is 10.0. The molecule has 1 aromatic heterocycles. The first kappa shape index (κ1) is 45.2. The highest BCUT2D eigenvalue weighted by atomic mass is 35.5. The Labute approximate surface area is 379 Å². The number of methoxy groups -OCH3 is 1. The fourth-order valence-electron chi connectivity index (χ4n) is 9.76. The maximum absolute atomic E-state index is 13.2. The predicted molar refractivity (Wildman–Crippen MR) is 259 cm³/mol. The summed E-state index contributed by atoms with van der Waals surface area (Å²) in [5.74, 6) is 1.70. The number of unbranched alkanes of at least 4 members (excludes halogenated alkanes) is 4. The lowest BCUT2D eigenvalue weighted by molar-refractivity contribution is 0.0675. The van der Waals surface area contributed by atoms with Gasteiger partial charge in [-0.1, -0.05) is 49.1 Å². The molecule has 3 saturated heterocycles. The van der Waals surface area contributed by atoms with E-state index in [1.807, 2.05) is 42.5 Å². The molecule has 15 heteroatoms. The van der Waals surface area contributed by atoms with Crippen molar-refractivity contribution < 1.29 is 14.1 Å². The SMILES string of the molecule is COc1cc(N2CCC(N3CCN(CCCCCCCNc4cccc5c4CN(C4CCCNC4)C5=O)CC3)CC2)ccc1Nc1ncc(Cl)c(Nc2ccccc2P(C)(C)=O)n1. The van der Waals surface area contributed by atoms with Crippen LogP contribution in [0.3, 0.4) is 0 Å². The first-order valence-corrected chi connectivity index (χ1v) is 26.1. The van der Waals surface area contributed by atoms with Crippen LogP contribution in [0.2, 0.25) is 5.02 Å². The molecule has 1 atom stereocenters. The van der Waals surface area contributed by atoms with Crippen LogP contribution in [0, 0.1) is 0 Å². The summed E-state index contributed by atoms with van der Waals surface area (Å²) in [4.78, 5) is 32.2. The number of anilines is 6. The molecule has 0 bridgehead atoms. The fraction of sp³-hybridized carbons (Fsp3) is 0.521. The van der Waals surface area contributed by atoms with Crippen molar-refractivity contribution in [2.45, 2.75) is 76.4 Å². The molecule has 4 aliphatic rings. The largest absolute Gasteiger partial charge is 0.494 e. The smallest absolute Gasteiger partial charge is 0.254 e. The van der Waals surface area contributed by atoms with Crippen LogP contribution in [0.15, 0.2) is 66.9 Å². The molecular formula is C48H66ClN10O3P. The Morgan fingerprint density at radius 2 is 1.63 bits per heavy atom. The van der Waals surface area contributed by atoms with Crippen LogP contribution in [-0.4, -0.2) is 129 Å². The number of ether oxygens (including phenoxy) is 1. The number of carbonyl (C=O) groups is 1. The summed E-state index contributed by atoms with van der Waals surface area (Å²) in [6, 6.07) is 20.9. The van der Waals surface area contributed by atoms with E-state index < -0.39 is 7.14 Å². The summed E-state index contributed by atoms with van der Waals surface area (Å²) in [6.07, 6.45) is 12.3. The Morgan fingerprint density at radius 1 is 0.857 bits per heavy atom. The van der Waals surface area contributed by atoms with Crippen molar-refractivity contribution in [2.24, 2.45) is 0 Å². The Bertz CT molecular complexity index is 2220. The second-order valence-electron chi connectivity index (χ2n) is 17.9. The van der Waals surface area contributed by atoms with E-state index in [9.17, 15) is 9.36 Å². The zero-order valence-electron chi connectivity index (χ0n) is 37.4. The number of piperidine rings is 2. The maximum Gasteiger partial charge on any atom is 0.254 e. The molecule has 3 aromatic carbocycles. The zero-order chi connectivity index (χ0) is 43.8. The first-order valence-electron chi connectivity index (χ1n) is 23.1. The van der Waals surface area contributed by atoms with E-state index in [0.717, 1.165) is 125 Å². The van der Waals surface area contributed by atoms with E-state index in [2.05, 4.69) is 69.0 Å². The Kier molecular flexibility index (Phi) is 15.1. The molecule has 1 amide bonds. The monoisotopic (exact) mass is 896 g/mol. The van der Waals surface area contributed by atoms with Crippen molar-refractivity contribution in [1.82, 2.24) is 30.0 Å². The van der Waals surface area contributed by atoms with Gasteiger partial charge in [-0.15, -0.1) is 0 Å². The molecule has 4 aromatic rings. The number of benzene rings is 3. The minimum atomic E-state index is -2.53. The zero-order valence-corrected chi connectivity index (χ0v) is 39.0. The summed E-state index contributed by atoms with van der Waals surface area (Å²) in [6.45, 7) is 15.0. The average molecular weight is 898 g/mol.